The number of rotatable bonds is 11. The van der Waals surface area contributed by atoms with E-state index in [-0.39, 0.29) is 24.0 Å². The summed E-state index contributed by atoms with van der Waals surface area (Å²) in [5, 5.41) is 6.85. The first-order valence-corrected chi connectivity index (χ1v) is 11.5. The van der Waals surface area contributed by atoms with E-state index in [1.165, 1.54) is 11.1 Å². The maximum atomic E-state index is 6.05. The molecule has 1 aliphatic rings. The van der Waals surface area contributed by atoms with Gasteiger partial charge in [0.25, 0.3) is 0 Å². The molecule has 0 bridgehead atoms. The van der Waals surface area contributed by atoms with Crippen LogP contribution in [0.1, 0.15) is 58.1 Å². The van der Waals surface area contributed by atoms with Crippen LogP contribution in [0.5, 0.6) is 0 Å². The van der Waals surface area contributed by atoms with Crippen molar-refractivity contribution in [2.24, 2.45) is 4.99 Å². The molecule has 7 heteroatoms. The summed E-state index contributed by atoms with van der Waals surface area (Å²) in [6.07, 6.45) is 3.41. The van der Waals surface area contributed by atoms with E-state index in [2.05, 4.69) is 72.5 Å². The van der Waals surface area contributed by atoms with Gasteiger partial charge in [0.15, 0.2) is 5.96 Å². The maximum absolute atomic E-state index is 6.05. The van der Waals surface area contributed by atoms with Crippen molar-refractivity contribution in [1.29, 1.82) is 0 Å². The number of guanidine groups is 1. The first-order valence-electron chi connectivity index (χ1n) is 11.5. The standard InChI is InChI=1S/C24H42N4O2.HI/c1-19(2)28(20(3)4)13-7-12-26-24(25-5)27-17-21-8-6-9-22(16-21)18-30-23-10-14-29-15-11-23;/h6,8-9,16,19-20,23H,7,10-15,17-18H2,1-5H3,(H2,25,26,27);1H. The zero-order chi connectivity index (χ0) is 21.8. The van der Waals surface area contributed by atoms with Gasteiger partial charge < -0.3 is 20.1 Å². The molecule has 0 amide bonds. The summed E-state index contributed by atoms with van der Waals surface area (Å²) in [7, 11) is 1.82. The molecule has 0 unspecified atom stereocenters. The molecular formula is C24H43IN4O2. The van der Waals surface area contributed by atoms with Crippen LogP contribution in [0.3, 0.4) is 0 Å². The van der Waals surface area contributed by atoms with Crippen LogP contribution in [0.15, 0.2) is 29.3 Å². The molecule has 31 heavy (non-hydrogen) atoms. The van der Waals surface area contributed by atoms with Gasteiger partial charge in [-0.2, -0.15) is 0 Å². The SMILES string of the molecule is CN=C(NCCCN(C(C)C)C(C)C)NCc1cccc(COC2CCOCC2)c1.I. The van der Waals surface area contributed by atoms with Crippen molar-refractivity contribution in [3.8, 4) is 0 Å². The third kappa shape index (κ3) is 11.0. The molecule has 1 fully saturated rings. The van der Waals surface area contributed by atoms with E-state index in [1.807, 2.05) is 7.05 Å². The zero-order valence-corrected chi connectivity index (χ0v) is 22.4. The second-order valence-electron chi connectivity index (χ2n) is 8.57. The fourth-order valence-corrected chi connectivity index (χ4v) is 3.87. The molecule has 1 heterocycles. The summed E-state index contributed by atoms with van der Waals surface area (Å²) in [6.45, 7) is 14.1. The summed E-state index contributed by atoms with van der Waals surface area (Å²) in [5.74, 6) is 0.847. The molecule has 0 aliphatic carbocycles. The summed E-state index contributed by atoms with van der Waals surface area (Å²) in [4.78, 5) is 6.87. The fourth-order valence-electron chi connectivity index (χ4n) is 3.87. The molecule has 0 spiro atoms. The molecule has 178 valence electrons. The average molecular weight is 547 g/mol. The number of aliphatic imine (C=N–C) groups is 1. The Labute approximate surface area is 206 Å². The molecule has 0 atom stereocenters. The number of hydrogen-bond donors (Lipinski definition) is 2. The lowest BCUT2D eigenvalue weighted by Crippen LogP contribution is -2.41. The van der Waals surface area contributed by atoms with Crippen LogP contribution < -0.4 is 10.6 Å². The van der Waals surface area contributed by atoms with Crippen molar-refractivity contribution in [1.82, 2.24) is 15.5 Å². The highest BCUT2D eigenvalue weighted by Gasteiger charge is 2.14. The molecule has 0 radical (unpaired) electrons. The summed E-state index contributed by atoms with van der Waals surface area (Å²) >= 11 is 0. The van der Waals surface area contributed by atoms with Crippen molar-refractivity contribution >= 4 is 29.9 Å². The molecule has 2 rings (SSSR count). The van der Waals surface area contributed by atoms with Gasteiger partial charge >= 0.3 is 0 Å². The van der Waals surface area contributed by atoms with Gasteiger partial charge in [-0.15, -0.1) is 24.0 Å². The molecule has 6 nitrogen and oxygen atoms in total. The minimum absolute atomic E-state index is 0. The van der Waals surface area contributed by atoms with Crippen molar-refractivity contribution in [3.05, 3.63) is 35.4 Å². The van der Waals surface area contributed by atoms with E-state index >= 15 is 0 Å². The van der Waals surface area contributed by atoms with Crippen LogP contribution in [-0.2, 0) is 22.6 Å². The van der Waals surface area contributed by atoms with Crippen LogP contribution in [0.2, 0.25) is 0 Å². The number of benzene rings is 1. The van der Waals surface area contributed by atoms with Gasteiger partial charge in [0.2, 0.25) is 0 Å². The van der Waals surface area contributed by atoms with Crippen molar-refractivity contribution < 1.29 is 9.47 Å². The van der Waals surface area contributed by atoms with Gasteiger partial charge in [0, 0.05) is 52.0 Å². The Hall–Kier alpha value is -0.900. The lowest BCUT2D eigenvalue weighted by atomic mass is 10.1. The van der Waals surface area contributed by atoms with E-state index in [9.17, 15) is 0 Å². The molecule has 1 aromatic carbocycles. The van der Waals surface area contributed by atoms with Crippen LogP contribution in [-0.4, -0.2) is 62.4 Å². The lowest BCUT2D eigenvalue weighted by molar-refractivity contribution is -0.0390. The van der Waals surface area contributed by atoms with Gasteiger partial charge in [0.05, 0.1) is 12.7 Å². The molecule has 1 aliphatic heterocycles. The maximum Gasteiger partial charge on any atom is 0.191 e. The average Bonchev–Trinajstić information content (AvgIpc) is 2.74. The van der Waals surface area contributed by atoms with E-state index in [0.717, 1.165) is 58.1 Å². The number of hydrogen-bond acceptors (Lipinski definition) is 4. The van der Waals surface area contributed by atoms with Crippen molar-refractivity contribution in [2.45, 2.75) is 78.3 Å². The van der Waals surface area contributed by atoms with Crippen LogP contribution in [0.4, 0.5) is 0 Å². The topological polar surface area (TPSA) is 58.1 Å². The van der Waals surface area contributed by atoms with Crippen LogP contribution in [0.25, 0.3) is 0 Å². The lowest BCUT2D eigenvalue weighted by Gasteiger charge is -2.30. The number of halogens is 1. The van der Waals surface area contributed by atoms with Crippen LogP contribution in [0, 0.1) is 0 Å². The van der Waals surface area contributed by atoms with E-state index < -0.39 is 0 Å². The van der Waals surface area contributed by atoms with E-state index in [4.69, 9.17) is 9.47 Å². The Balaban J connectivity index is 0.00000480. The zero-order valence-electron chi connectivity index (χ0n) is 20.0. The highest BCUT2D eigenvalue weighted by Crippen LogP contribution is 2.14. The second kappa shape index (κ2) is 15.8. The van der Waals surface area contributed by atoms with Crippen molar-refractivity contribution in [3.63, 3.8) is 0 Å². The number of nitrogens with one attached hydrogen (secondary N) is 2. The third-order valence-corrected chi connectivity index (χ3v) is 5.54. The minimum Gasteiger partial charge on any atom is -0.381 e. The first kappa shape index (κ1) is 28.1. The number of nitrogens with zero attached hydrogens (tertiary/aromatic N) is 2. The Kier molecular flexibility index (Phi) is 14.4. The minimum atomic E-state index is 0. The van der Waals surface area contributed by atoms with Gasteiger partial charge in [-0.05, 0) is 58.1 Å². The van der Waals surface area contributed by atoms with Gasteiger partial charge in [-0.25, -0.2) is 0 Å². The third-order valence-electron chi connectivity index (χ3n) is 5.54. The van der Waals surface area contributed by atoms with Crippen LogP contribution >= 0.6 is 24.0 Å². The molecule has 0 aromatic heterocycles. The smallest absolute Gasteiger partial charge is 0.191 e. The summed E-state index contributed by atoms with van der Waals surface area (Å²) < 4.78 is 11.4. The fraction of sp³-hybridized carbons (Fsp3) is 0.708. The molecule has 0 saturated carbocycles. The van der Waals surface area contributed by atoms with Gasteiger partial charge in [0.1, 0.15) is 0 Å². The van der Waals surface area contributed by atoms with E-state index in [1.54, 1.807) is 0 Å². The summed E-state index contributed by atoms with van der Waals surface area (Å²) in [6, 6.07) is 9.73. The Morgan fingerprint density at radius 2 is 1.81 bits per heavy atom. The molecule has 2 N–H and O–H groups in total. The van der Waals surface area contributed by atoms with Crippen molar-refractivity contribution in [2.75, 3.05) is 33.4 Å². The largest absolute Gasteiger partial charge is 0.381 e. The molecule has 1 aromatic rings. The molecular weight excluding hydrogens is 503 g/mol. The quantitative estimate of drug-likeness (QED) is 0.189. The molecule has 1 saturated heterocycles. The Morgan fingerprint density at radius 3 is 2.45 bits per heavy atom. The van der Waals surface area contributed by atoms with Gasteiger partial charge in [-0.3, -0.25) is 9.89 Å². The summed E-state index contributed by atoms with van der Waals surface area (Å²) in [5.41, 5.74) is 2.45. The normalized spacial score (nSPS) is 15.4. The highest BCUT2D eigenvalue weighted by molar-refractivity contribution is 14.0. The highest BCUT2D eigenvalue weighted by atomic mass is 127. The van der Waals surface area contributed by atoms with Gasteiger partial charge in [-0.1, -0.05) is 24.3 Å². The Bertz CT molecular complexity index is 626. The predicted molar refractivity (Wildman–Crippen MR) is 140 cm³/mol. The second-order valence-corrected chi connectivity index (χ2v) is 8.57. The number of ether oxygens (including phenoxy) is 2. The Morgan fingerprint density at radius 1 is 1.13 bits per heavy atom. The monoisotopic (exact) mass is 546 g/mol. The van der Waals surface area contributed by atoms with E-state index in [0.29, 0.717) is 24.8 Å². The first-order chi connectivity index (χ1) is 14.5. The predicted octanol–water partition coefficient (Wildman–Crippen LogP) is 4.17.